The number of rotatable bonds is 2. The summed E-state index contributed by atoms with van der Waals surface area (Å²) in [5, 5.41) is 5.65. The fraction of sp³-hybridized carbons (Fsp3) is 0.267. The molecule has 2 N–H and O–H groups in total. The van der Waals surface area contributed by atoms with Gasteiger partial charge in [0.05, 0.1) is 18.3 Å². The Bertz CT molecular complexity index is 778. The van der Waals surface area contributed by atoms with Gasteiger partial charge in [-0.25, -0.2) is 0 Å². The van der Waals surface area contributed by atoms with Crippen molar-refractivity contribution >= 4 is 16.7 Å². The number of anilines is 1. The minimum absolute atomic E-state index is 0.657. The van der Waals surface area contributed by atoms with Crippen LogP contribution in [0, 0.1) is 6.92 Å². The molecule has 0 aliphatic heterocycles. The number of aromatic nitrogens is 3. The van der Waals surface area contributed by atoms with E-state index in [-0.39, 0.29) is 0 Å². The Morgan fingerprint density at radius 1 is 1.20 bits per heavy atom. The first kappa shape index (κ1) is 12.6. The maximum Gasteiger partial charge on any atom is 0.121 e. The topological polar surface area (TPSA) is 58.0 Å². The van der Waals surface area contributed by atoms with E-state index in [0.717, 1.165) is 33.6 Å². The number of fused-ring (bicyclic) bond motifs is 1. The van der Waals surface area contributed by atoms with Gasteiger partial charge in [-0.05, 0) is 19.1 Å². The lowest BCUT2D eigenvalue weighted by molar-refractivity contribution is 0.415. The molecule has 0 aliphatic rings. The van der Waals surface area contributed by atoms with E-state index in [2.05, 4.69) is 22.7 Å². The summed E-state index contributed by atoms with van der Waals surface area (Å²) in [5.74, 6) is 1.51. The zero-order valence-corrected chi connectivity index (χ0v) is 12.1. The van der Waals surface area contributed by atoms with Crippen molar-refractivity contribution in [1.29, 1.82) is 0 Å². The molecule has 3 rings (SSSR count). The van der Waals surface area contributed by atoms with Gasteiger partial charge in [0.25, 0.3) is 0 Å². The van der Waals surface area contributed by atoms with Crippen LogP contribution in [0.15, 0.2) is 24.3 Å². The molecule has 0 atom stereocenters. The summed E-state index contributed by atoms with van der Waals surface area (Å²) in [6, 6.07) is 7.99. The first-order valence-electron chi connectivity index (χ1n) is 6.46. The lowest BCUT2D eigenvalue weighted by atomic mass is 10.1. The third-order valence-corrected chi connectivity index (χ3v) is 3.87. The van der Waals surface area contributed by atoms with E-state index in [1.165, 1.54) is 0 Å². The van der Waals surface area contributed by atoms with E-state index in [0.29, 0.717) is 5.82 Å². The minimum Gasteiger partial charge on any atom is -0.497 e. The second-order valence-electron chi connectivity index (χ2n) is 4.98. The van der Waals surface area contributed by atoms with Crippen LogP contribution in [0.2, 0.25) is 0 Å². The third-order valence-electron chi connectivity index (χ3n) is 3.87. The Labute approximate surface area is 117 Å². The van der Waals surface area contributed by atoms with Crippen molar-refractivity contribution in [2.75, 3.05) is 12.8 Å². The number of benzene rings is 1. The number of ether oxygens (including phenoxy) is 1. The van der Waals surface area contributed by atoms with E-state index in [1.807, 2.05) is 32.3 Å². The highest BCUT2D eigenvalue weighted by atomic mass is 16.5. The molecule has 5 heteroatoms. The van der Waals surface area contributed by atoms with Crippen LogP contribution in [-0.4, -0.2) is 21.5 Å². The van der Waals surface area contributed by atoms with Crippen LogP contribution in [0.4, 0.5) is 5.82 Å². The molecule has 0 saturated carbocycles. The van der Waals surface area contributed by atoms with Crippen LogP contribution in [0.25, 0.3) is 22.2 Å². The highest BCUT2D eigenvalue weighted by molar-refractivity contribution is 5.98. The first-order chi connectivity index (χ1) is 9.52. The van der Waals surface area contributed by atoms with Crippen molar-refractivity contribution in [2.24, 2.45) is 14.1 Å². The van der Waals surface area contributed by atoms with E-state index < -0.39 is 0 Å². The summed E-state index contributed by atoms with van der Waals surface area (Å²) in [6.45, 7) is 2.09. The van der Waals surface area contributed by atoms with E-state index in [9.17, 15) is 0 Å². The number of nitrogens with two attached hydrogens (primary N) is 1. The van der Waals surface area contributed by atoms with E-state index in [4.69, 9.17) is 10.5 Å². The average molecular weight is 270 g/mol. The molecule has 0 aliphatic carbocycles. The number of hydrogen-bond acceptors (Lipinski definition) is 3. The average Bonchev–Trinajstić information content (AvgIpc) is 2.89. The predicted molar refractivity (Wildman–Crippen MR) is 80.8 cm³/mol. The van der Waals surface area contributed by atoms with Crippen molar-refractivity contribution in [3.8, 4) is 17.0 Å². The fourth-order valence-electron chi connectivity index (χ4n) is 2.60. The number of methoxy groups -OCH3 is 1. The maximum absolute atomic E-state index is 5.90. The number of nitrogens with zero attached hydrogens (tertiary/aromatic N) is 3. The Morgan fingerprint density at radius 3 is 2.55 bits per heavy atom. The summed E-state index contributed by atoms with van der Waals surface area (Å²) < 4.78 is 9.14. The zero-order valence-electron chi connectivity index (χ0n) is 12.1. The van der Waals surface area contributed by atoms with Crippen LogP contribution in [0.5, 0.6) is 5.75 Å². The molecule has 2 heterocycles. The molecule has 2 aromatic heterocycles. The van der Waals surface area contributed by atoms with Gasteiger partial charge in [0.2, 0.25) is 0 Å². The first-order valence-corrected chi connectivity index (χ1v) is 6.46. The van der Waals surface area contributed by atoms with Gasteiger partial charge in [-0.2, -0.15) is 5.10 Å². The molecule has 0 amide bonds. The molecule has 0 fully saturated rings. The Balaban J connectivity index is 2.33. The standard InChI is InChI=1S/C15H18N4O/c1-9-15(12-8-14(16)19(3)17-12)11-6-5-10(20-4)7-13(11)18(9)2/h5-8H,16H2,1-4H3. The Hall–Kier alpha value is -2.43. The predicted octanol–water partition coefficient (Wildman–Crippen LogP) is 2.48. The molecular weight excluding hydrogens is 252 g/mol. The Morgan fingerprint density at radius 2 is 1.95 bits per heavy atom. The van der Waals surface area contributed by atoms with E-state index >= 15 is 0 Å². The molecule has 0 radical (unpaired) electrons. The molecular formula is C15H18N4O. The lowest BCUT2D eigenvalue weighted by Crippen LogP contribution is -1.96. The zero-order chi connectivity index (χ0) is 14.4. The largest absolute Gasteiger partial charge is 0.497 e. The minimum atomic E-state index is 0.657. The third kappa shape index (κ3) is 1.66. The summed E-state index contributed by atoms with van der Waals surface area (Å²) >= 11 is 0. The van der Waals surface area contributed by atoms with Crippen LogP contribution in [0.1, 0.15) is 5.69 Å². The molecule has 104 valence electrons. The lowest BCUT2D eigenvalue weighted by Gasteiger charge is -2.01. The van der Waals surface area contributed by atoms with Crippen molar-refractivity contribution < 1.29 is 4.74 Å². The van der Waals surface area contributed by atoms with Gasteiger partial charge < -0.3 is 15.0 Å². The molecule has 20 heavy (non-hydrogen) atoms. The van der Waals surface area contributed by atoms with Gasteiger partial charge in [0, 0.05) is 42.9 Å². The highest BCUT2D eigenvalue weighted by Crippen LogP contribution is 2.35. The second-order valence-corrected chi connectivity index (χ2v) is 4.98. The van der Waals surface area contributed by atoms with Crippen molar-refractivity contribution in [3.63, 3.8) is 0 Å². The van der Waals surface area contributed by atoms with Gasteiger partial charge in [0.1, 0.15) is 11.6 Å². The molecule has 5 nitrogen and oxygen atoms in total. The van der Waals surface area contributed by atoms with Crippen LogP contribution >= 0.6 is 0 Å². The molecule has 1 aromatic carbocycles. The molecule has 0 unspecified atom stereocenters. The highest BCUT2D eigenvalue weighted by Gasteiger charge is 2.17. The van der Waals surface area contributed by atoms with Gasteiger partial charge in [-0.3, -0.25) is 4.68 Å². The van der Waals surface area contributed by atoms with Crippen LogP contribution in [0.3, 0.4) is 0 Å². The molecule has 0 saturated heterocycles. The van der Waals surface area contributed by atoms with Crippen molar-refractivity contribution in [3.05, 3.63) is 30.0 Å². The van der Waals surface area contributed by atoms with Gasteiger partial charge >= 0.3 is 0 Å². The maximum atomic E-state index is 5.90. The quantitative estimate of drug-likeness (QED) is 0.778. The van der Waals surface area contributed by atoms with Crippen molar-refractivity contribution in [1.82, 2.24) is 14.3 Å². The van der Waals surface area contributed by atoms with Gasteiger partial charge in [0.15, 0.2) is 0 Å². The number of hydrogen-bond donors (Lipinski definition) is 1. The normalized spacial score (nSPS) is 11.2. The fourth-order valence-corrected chi connectivity index (χ4v) is 2.60. The number of nitrogen functional groups attached to an aromatic ring is 1. The van der Waals surface area contributed by atoms with Gasteiger partial charge in [-0.15, -0.1) is 0 Å². The SMILES string of the molecule is COc1ccc2c(-c3cc(N)n(C)n3)c(C)n(C)c2c1. The number of aryl methyl sites for hydroxylation is 2. The molecule has 3 aromatic rings. The summed E-state index contributed by atoms with van der Waals surface area (Å²) in [7, 11) is 5.58. The van der Waals surface area contributed by atoms with Gasteiger partial charge in [-0.1, -0.05) is 0 Å². The van der Waals surface area contributed by atoms with Crippen LogP contribution < -0.4 is 10.5 Å². The molecule has 0 spiro atoms. The van der Waals surface area contributed by atoms with Crippen LogP contribution in [-0.2, 0) is 14.1 Å². The second kappa shape index (κ2) is 4.30. The Kier molecular flexibility index (Phi) is 2.71. The van der Waals surface area contributed by atoms with Crippen molar-refractivity contribution in [2.45, 2.75) is 6.92 Å². The smallest absolute Gasteiger partial charge is 0.121 e. The van der Waals surface area contributed by atoms with E-state index in [1.54, 1.807) is 11.8 Å². The molecule has 0 bridgehead atoms. The summed E-state index contributed by atoms with van der Waals surface area (Å²) in [6.07, 6.45) is 0. The summed E-state index contributed by atoms with van der Waals surface area (Å²) in [4.78, 5) is 0. The summed E-state index contributed by atoms with van der Waals surface area (Å²) in [5.41, 5.74) is 10.2. The monoisotopic (exact) mass is 270 g/mol.